The SMILES string of the molecule is CCCCCCCC[C@@H](C)CCCC. The highest BCUT2D eigenvalue weighted by atomic mass is 14.1. The van der Waals surface area contributed by atoms with Crippen LogP contribution in [0.4, 0.5) is 0 Å². The molecule has 0 fully saturated rings. The third-order valence-corrected chi connectivity index (χ3v) is 3.10. The Morgan fingerprint density at radius 3 is 1.79 bits per heavy atom. The highest BCUT2D eigenvalue weighted by Crippen LogP contribution is 2.16. The zero-order valence-electron chi connectivity index (χ0n) is 10.6. The van der Waals surface area contributed by atoms with Gasteiger partial charge < -0.3 is 0 Å². The van der Waals surface area contributed by atoms with E-state index >= 15 is 0 Å². The van der Waals surface area contributed by atoms with E-state index in [-0.39, 0.29) is 0 Å². The summed E-state index contributed by atoms with van der Waals surface area (Å²) in [4.78, 5) is 0. The number of unbranched alkanes of at least 4 members (excludes halogenated alkanes) is 6. The van der Waals surface area contributed by atoms with Crippen LogP contribution in [0.5, 0.6) is 0 Å². The molecule has 0 rings (SSSR count). The second kappa shape index (κ2) is 11.1. The van der Waals surface area contributed by atoms with E-state index < -0.39 is 0 Å². The topological polar surface area (TPSA) is 0 Å². The lowest BCUT2D eigenvalue weighted by Crippen LogP contribution is -1.94. The van der Waals surface area contributed by atoms with Crippen molar-refractivity contribution in [1.29, 1.82) is 0 Å². The fraction of sp³-hybridized carbons (Fsp3) is 1.00. The Morgan fingerprint density at radius 2 is 1.14 bits per heavy atom. The smallest absolute Gasteiger partial charge is 0.0443 e. The van der Waals surface area contributed by atoms with Crippen molar-refractivity contribution in [2.24, 2.45) is 5.92 Å². The van der Waals surface area contributed by atoms with E-state index in [1.165, 1.54) is 64.2 Å². The average Bonchev–Trinajstić information content (AvgIpc) is 2.20. The Morgan fingerprint density at radius 1 is 0.643 bits per heavy atom. The molecule has 0 N–H and O–H groups in total. The third-order valence-electron chi connectivity index (χ3n) is 3.10. The molecule has 0 aromatic carbocycles. The summed E-state index contributed by atoms with van der Waals surface area (Å²) in [5, 5.41) is 0. The van der Waals surface area contributed by atoms with Gasteiger partial charge in [-0.3, -0.25) is 0 Å². The molecule has 14 heavy (non-hydrogen) atoms. The van der Waals surface area contributed by atoms with Crippen LogP contribution in [-0.2, 0) is 0 Å². The normalized spacial score (nSPS) is 13.1. The van der Waals surface area contributed by atoms with Gasteiger partial charge >= 0.3 is 0 Å². The predicted molar refractivity (Wildman–Crippen MR) is 66.7 cm³/mol. The van der Waals surface area contributed by atoms with Gasteiger partial charge in [0.2, 0.25) is 0 Å². The molecule has 0 heterocycles. The summed E-state index contributed by atoms with van der Waals surface area (Å²) in [6.07, 6.45) is 14.4. The molecule has 0 aromatic heterocycles. The van der Waals surface area contributed by atoms with Crippen LogP contribution in [0.2, 0.25) is 0 Å². The van der Waals surface area contributed by atoms with Crippen molar-refractivity contribution in [1.82, 2.24) is 0 Å². The monoisotopic (exact) mass is 198 g/mol. The standard InChI is InChI=1S/C14H30/c1-4-6-8-9-10-11-13-14(3)12-7-5-2/h14H,4-13H2,1-3H3/t14-/m0/s1. The average molecular weight is 198 g/mol. The Hall–Kier alpha value is 0. The summed E-state index contributed by atoms with van der Waals surface area (Å²) in [7, 11) is 0. The summed E-state index contributed by atoms with van der Waals surface area (Å²) >= 11 is 0. The minimum Gasteiger partial charge on any atom is -0.0654 e. The van der Waals surface area contributed by atoms with E-state index in [0.717, 1.165) is 5.92 Å². The quantitative estimate of drug-likeness (QED) is 0.403. The largest absolute Gasteiger partial charge is 0.0654 e. The van der Waals surface area contributed by atoms with Gasteiger partial charge in [-0.25, -0.2) is 0 Å². The summed E-state index contributed by atoms with van der Waals surface area (Å²) < 4.78 is 0. The van der Waals surface area contributed by atoms with E-state index in [4.69, 9.17) is 0 Å². The molecule has 0 spiro atoms. The molecule has 0 bridgehead atoms. The molecular formula is C14H30. The van der Waals surface area contributed by atoms with E-state index in [1.807, 2.05) is 0 Å². The van der Waals surface area contributed by atoms with E-state index in [1.54, 1.807) is 0 Å². The van der Waals surface area contributed by atoms with Gasteiger partial charge in [0.1, 0.15) is 0 Å². The van der Waals surface area contributed by atoms with Gasteiger partial charge in [0.15, 0.2) is 0 Å². The lowest BCUT2D eigenvalue weighted by atomic mass is 9.97. The fourth-order valence-corrected chi connectivity index (χ4v) is 1.97. The first-order chi connectivity index (χ1) is 6.81. The van der Waals surface area contributed by atoms with Gasteiger partial charge in [-0.05, 0) is 5.92 Å². The molecule has 0 unspecified atom stereocenters. The van der Waals surface area contributed by atoms with E-state index in [0.29, 0.717) is 0 Å². The minimum absolute atomic E-state index is 0.973. The second-order valence-corrected chi connectivity index (χ2v) is 4.80. The van der Waals surface area contributed by atoms with Crippen molar-refractivity contribution in [3.05, 3.63) is 0 Å². The lowest BCUT2D eigenvalue weighted by Gasteiger charge is -2.09. The Kier molecular flexibility index (Phi) is 11.1. The van der Waals surface area contributed by atoms with Crippen molar-refractivity contribution in [2.75, 3.05) is 0 Å². The third kappa shape index (κ3) is 10.1. The molecule has 0 amide bonds. The van der Waals surface area contributed by atoms with Crippen molar-refractivity contribution in [3.8, 4) is 0 Å². The van der Waals surface area contributed by atoms with Crippen LogP contribution < -0.4 is 0 Å². The second-order valence-electron chi connectivity index (χ2n) is 4.80. The molecule has 0 aliphatic rings. The summed E-state index contributed by atoms with van der Waals surface area (Å²) in [5.41, 5.74) is 0. The van der Waals surface area contributed by atoms with Gasteiger partial charge in [-0.15, -0.1) is 0 Å². The summed E-state index contributed by atoms with van der Waals surface area (Å²) in [6, 6.07) is 0. The first-order valence-corrected chi connectivity index (χ1v) is 6.81. The van der Waals surface area contributed by atoms with Crippen molar-refractivity contribution >= 4 is 0 Å². The number of rotatable bonds is 10. The van der Waals surface area contributed by atoms with Gasteiger partial charge in [-0.1, -0.05) is 85.0 Å². The minimum atomic E-state index is 0.973. The van der Waals surface area contributed by atoms with Gasteiger partial charge in [0.05, 0.1) is 0 Å². The Bertz CT molecular complexity index is 96.2. The zero-order chi connectivity index (χ0) is 10.6. The lowest BCUT2D eigenvalue weighted by molar-refractivity contribution is 0.442. The highest BCUT2D eigenvalue weighted by molar-refractivity contribution is 4.54. The van der Waals surface area contributed by atoms with Crippen molar-refractivity contribution in [2.45, 2.75) is 85.0 Å². The maximum atomic E-state index is 2.42. The van der Waals surface area contributed by atoms with Crippen LogP contribution in [0.1, 0.15) is 85.0 Å². The highest BCUT2D eigenvalue weighted by Gasteiger charge is 2.00. The predicted octanol–water partition coefficient (Wildman–Crippen LogP) is 5.56. The molecule has 86 valence electrons. The molecule has 0 saturated carbocycles. The van der Waals surface area contributed by atoms with Crippen LogP contribution in [-0.4, -0.2) is 0 Å². The molecule has 0 saturated heterocycles. The van der Waals surface area contributed by atoms with Gasteiger partial charge in [0.25, 0.3) is 0 Å². The summed E-state index contributed by atoms with van der Waals surface area (Å²) in [5.74, 6) is 0.973. The molecule has 0 aromatic rings. The Balaban J connectivity index is 3.02. The zero-order valence-corrected chi connectivity index (χ0v) is 10.6. The van der Waals surface area contributed by atoms with Crippen LogP contribution in [0.3, 0.4) is 0 Å². The van der Waals surface area contributed by atoms with Gasteiger partial charge in [-0.2, -0.15) is 0 Å². The molecule has 0 aliphatic heterocycles. The molecule has 0 aliphatic carbocycles. The molecule has 0 nitrogen and oxygen atoms in total. The maximum Gasteiger partial charge on any atom is -0.0443 e. The van der Waals surface area contributed by atoms with Crippen LogP contribution in [0, 0.1) is 5.92 Å². The Labute approximate surface area is 91.5 Å². The van der Waals surface area contributed by atoms with Crippen LogP contribution in [0.25, 0.3) is 0 Å². The maximum absolute atomic E-state index is 2.42. The molecule has 0 heteroatoms. The van der Waals surface area contributed by atoms with E-state index in [9.17, 15) is 0 Å². The van der Waals surface area contributed by atoms with Crippen molar-refractivity contribution in [3.63, 3.8) is 0 Å². The van der Waals surface area contributed by atoms with Gasteiger partial charge in [0, 0.05) is 0 Å². The van der Waals surface area contributed by atoms with Crippen LogP contribution >= 0.6 is 0 Å². The van der Waals surface area contributed by atoms with Crippen LogP contribution in [0.15, 0.2) is 0 Å². The fourth-order valence-electron chi connectivity index (χ4n) is 1.97. The van der Waals surface area contributed by atoms with E-state index in [2.05, 4.69) is 20.8 Å². The number of hydrogen-bond donors (Lipinski definition) is 0. The first-order valence-electron chi connectivity index (χ1n) is 6.81. The van der Waals surface area contributed by atoms with Crippen molar-refractivity contribution < 1.29 is 0 Å². The molecule has 1 atom stereocenters. The number of hydrogen-bond acceptors (Lipinski definition) is 0. The summed E-state index contributed by atoms with van der Waals surface area (Å²) in [6.45, 7) is 6.99. The molecule has 0 radical (unpaired) electrons. The first kappa shape index (κ1) is 14.0. The molecular weight excluding hydrogens is 168 g/mol.